The second-order valence-corrected chi connectivity index (χ2v) is 11.2. The number of fused-ring (bicyclic) bond motifs is 1. The normalized spacial score (nSPS) is 28.7. The minimum atomic E-state index is -2.95. The molecule has 3 aliphatic heterocycles. The second kappa shape index (κ2) is 10.1. The first-order valence-electron chi connectivity index (χ1n) is 13.3. The van der Waals surface area contributed by atoms with Gasteiger partial charge in [-0.3, -0.25) is 4.79 Å². The number of anilines is 1. The van der Waals surface area contributed by atoms with E-state index in [4.69, 9.17) is 4.74 Å². The van der Waals surface area contributed by atoms with Crippen molar-refractivity contribution in [2.24, 2.45) is 17.8 Å². The summed E-state index contributed by atoms with van der Waals surface area (Å²) in [5, 5.41) is 15.4. The Morgan fingerprint density at radius 1 is 1.13 bits per heavy atom. The number of likely N-dealkylation sites (tertiary alicyclic amines) is 1. The fourth-order valence-electron chi connectivity index (χ4n) is 6.56. The van der Waals surface area contributed by atoms with Crippen molar-refractivity contribution in [2.45, 2.75) is 50.1 Å². The molecule has 4 atom stereocenters. The van der Waals surface area contributed by atoms with Crippen molar-refractivity contribution >= 4 is 11.7 Å². The maximum atomic E-state index is 14.6. The third kappa shape index (κ3) is 5.10. The molecule has 0 unspecified atom stereocenters. The Labute approximate surface area is 218 Å². The van der Waals surface area contributed by atoms with Gasteiger partial charge in [0.05, 0.1) is 18.8 Å². The van der Waals surface area contributed by atoms with Crippen LogP contribution in [0.2, 0.25) is 0 Å². The van der Waals surface area contributed by atoms with E-state index < -0.39 is 36.6 Å². The predicted octanol–water partition coefficient (Wildman–Crippen LogP) is 4.11. The van der Waals surface area contributed by atoms with Crippen molar-refractivity contribution in [1.82, 2.24) is 20.4 Å². The molecule has 204 valence electrons. The lowest BCUT2D eigenvalue weighted by atomic mass is 9.85. The molecule has 6 rings (SSSR count). The van der Waals surface area contributed by atoms with Gasteiger partial charge in [-0.15, -0.1) is 10.2 Å². The summed E-state index contributed by atoms with van der Waals surface area (Å²) in [4.78, 5) is 13.4. The van der Waals surface area contributed by atoms with E-state index in [1.54, 1.807) is 6.07 Å². The lowest BCUT2D eigenvalue weighted by molar-refractivity contribution is -0.113. The zero-order chi connectivity index (χ0) is 26.4. The van der Waals surface area contributed by atoms with E-state index >= 15 is 0 Å². The van der Waals surface area contributed by atoms with Crippen molar-refractivity contribution in [3.8, 4) is 11.3 Å². The topological polar surface area (TPSA) is 79.4 Å². The Morgan fingerprint density at radius 2 is 1.92 bits per heavy atom. The van der Waals surface area contributed by atoms with Gasteiger partial charge >= 0.3 is 0 Å². The number of nitrogens with zero attached hydrogens (tertiary/aromatic N) is 3. The number of benzene rings is 1. The number of alkyl halides is 2. The molecule has 2 N–H and O–H groups in total. The zero-order valence-electron chi connectivity index (χ0n) is 20.9. The summed E-state index contributed by atoms with van der Waals surface area (Å²) in [7, 11) is 0. The van der Waals surface area contributed by atoms with Crippen LogP contribution in [0.4, 0.5) is 23.4 Å². The molecule has 1 saturated carbocycles. The molecule has 1 aromatic heterocycles. The van der Waals surface area contributed by atoms with Gasteiger partial charge in [0.2, 0.25) is 0 Å². The van der Waals surface area contributed by atoms with Gasteiger partial charge in [0.25, 0.3) is 11.8 Å². The maximum absolute atomic E-state index is 14.6. The largest absolute Gasteiger partial charge is 0.381 e. The smallest absolute Gasteiger partial charge is 0.282 e. The van der Waals surface area contributed by atoms with Gasteiger partial charge in [-0.25, -0.2) is 17.6 Å². The van der Waals surface area contributed by atoms with E-state index in [9.17, 15) is 22.4 Å². The van der Waals surface area contributed by atoms with Gasteiger partial charge in [0, 0.05) is 36.4 Å². The number of hydrogen-bond acceptors (Lipinski definition) is 6. The van der Waals surface area contributed by atoms with Crippen LogP contribution < -0.4 is 10.6 Å². The summed E-state index contributed by atoms with van der Waals surface area (Å²) in [6.45, 7) is 1.26. The quantitative estimate of drug-likeness (QED) is 0.545. The molecule has 38 heavy (non-hydrogen) atoms. The molecule has 1 aromatic carbocycles. The van der Waals surface area contributed by atoms with E-state index in [1.165, 1.54) is 12.5 Å². The molecule has 3 saturated heterocycles. The Hall–Kier alpha value is -2.79. The van der Waals surface area contributed by atoms with Gasteiger partial charge in [-0.1, -0.05) is 0 Å². The zero-order valence-corrected chi connectivity index (χ0v) is 20.9. The highest BCUT2D eigenvalue weighted by Crippen LogP contribution is 2.41. The second-order valence-electron chi connectivity index (χ2n) is 11.2. The van der Waals surface area contributed by atoms with Gasteiger partial charge in [-0.05, 0) is 80.7 Å². The van der Waals surface area contributed by atoms with Crippen LogP contribution in [0.15, 0.2) is 24.3 Å². The highest BCUT2D eigenvalue weighted by molar-refractivity contribution is 5.96. The van der Waals surface area contributed by atoms with Gasteiger partial charge < -0.3 is 20.3 Å². The summed E-state index contributed by atoms with van der Waals surface area (Å²) < 4.78 is 60.7. The fourth-order valence-corrected chi connectivity index (χ4v) is 6.56. The van der Waals surface area contributed by atoms with E-state index in [0.717, 1.165) is 68.4 Å². The molecule has 4 aliphatic rings. The Morgan fingerprint density at radius 3 is 2.63 bits per heavy atom. The van der Waals surface area contributed by atoms with Crippen LogP contribution in [0, 0.1) is 29.4 Å². The number of hydrogen-bond donors (Lipinski definition) is 2. The summed E-state index contributed by atoms with van der Waals surface area (Å²) in [5.41, 5.74) is -0.392. The summed E-state index contributed by atoms with van der Waals surface area (Å²) >= 11 is 0. The van der Waals surface area contributed by atoms with Crippen molar-refractivity contribution in [2.75, 3.05) is 38.2 Å². The number of nitrogens with one attached hydrogen (secondary N) is 2. The lowest BCUT2D eigenvalue weighted by Gasteiger charge is -2.38. The summed E-state index contributed by atoms with van der Waals surface area (Å²) in [5.74, 6) is -3.65. The first-order chi connectivity index (χ1) is 18.3. The number of ether oxygens (including phenoxy) is 1. The van der Waals surface area contributed by atoms with E-state index in [-0.39, 0.29) is 22.9 Å². The van der Waals surface area contributed by atoms with Crippen molar-refractivity contribution in [3.63, 3.8) is 0 Å². The number of halogens is 4. The monoisotopic (exact) mass is 533 g/mol. The number of amides is 1. The molecular formula is C27H31F4N5O2. The van der Waals surface area contributed by atoms with Crippen molar-refractivity contribution in [1.29, 1.82) is 0 Å². The molecule has 0 radical (unpaired) electrons. The third-order valence-electron chi connectivity index (χ3n) is 8.54. The molecular weight excluding hydrogens is 502 g/mol. The Bertz CT molecular complexity index is 1180. The number of aromatic nitrogens is 2. The van der Waals surface area contributed by atoms with Crippen LogP contribution in [0.25, 0.3) is 11.3 Å². The summed E-state index contributed by atoms with van der Waals surface area (Å²) in [6, 6.07) is 5.83. The predicted molar refractivity (Wildman–Crippen MR) is 132 cm³/mol. The fraction of sp³-hybridized carbons (Fsp3) is 0.593. The lowest BCUT2D eigenvalue weighted by Crippen LogP contribution is -2.58. The molecule has 0 spiro atoms. The molecule has 7 nitrogen and oxygen atoms in total. The third-order valence-corrected chi connectivity index (χ3v) is 8.54. The molecule has 1 aliphatic carbocycles. The standard InChI is InChI=1S/C27H31F4N5O2/c28-21-10-16(26(37)36-13-27(30,31)14-36)9-20(25(21)29)22-1-2-24(35-34-22)33-18-8-17-12-32-23(19(17)11-18)7-15-3-5-38-6-4-15/h1-2,9-10,15,17-19,23,32H,3-8,11-14H2,(H,33,35)/t17-,18+,19+,23+/m1/s1. The van der Waals surface area contributed by atoms with Crippen LogP contribution in [0.1, 0.15) is 42.5 Å². The molecule has 11 heteroatoms. The maximum Gasteiger partial charge on any atom is 0.282 e. The SMILES string of the molecule is O=C(c1cc(F)c(F)c(-c2ccc(N[C@H]3C[C@@H]4CN[C@@H](CC5CCOCC5)[C@H]4C3)nn2)c1)N1CC(F)(F)C1. The molecule has 1 amide bonds. The van der Waals surface area contributed by atoms with Crippen molar-refractivity contribution in [3.05, 3.63) is 41.5 Å². The Balaban J connectivity index is 1.10. The van der Waals surface area contributed by atoms with Crippen molar-refractivity contribution < 1.29 is 27.1 Å². The van der Waals surface area contributed by atoms with Gasteiger partial charge in [0.1, 0.15) is 5.82 Å². The molecule has 0 bridgehead atoms. The van der Waals surface area contributed by atoms with E-state index in [0.29, 0.717) is 23.7 Å². The minimum Gasteiger partial charge on any atom is -0.381 e. The first-order valence-corrected chi connectivity index (χ1v) is 13.3. The highest BCUT2D eigenvalue weighted by Gasteiger charge is 2.47. The Kier molecular flexibility index (Phi) is 6.75. The van der Waals surface area contributed by atoms with Crippen LogP contribution in [0.3, 0.4) is 0 Å². The van der Waals surface area contributed by atoms with Crippen LogP contribution in [-0.4, -0.2) is 71.9 Å². The molecule has 4 fully saturated rings. The number of rotatable bonds is 6. The first kappa shape index (κ1) is 25.5. The van der Waals surface area contributed by atoms with Crippen LogP contribution in [-0.2, 0) is 4.74 Å². The number of carbonyl (C=O) groups excluding carboxylic acids is 1. The van der Waals surface area contributed by atoms with Gasteiger partial charge in [0.15, 0.2) is 11.6 Å². The molecule has 2 aromatic rings. The van der Waals surface area contributed by atoms with E-state index in [2.05, 4.69) is 20.8 Å². The average molecular weight is 534 g/mol. The average Bonchev–Trinajstić information content (AvgIpc) is 3.46. The van der Waals surface area contributed by atoms with Crippen LogP contribution >= 0.6 is 0 Å². The highest BCUT2D eigenvalue weighted by atomic mass is 19.3. The van der Waals surface area contributed by atoms with E-state index in [1.807, 2.05) is 0 Å². The van der Waals surface area contributed by atoms with Crippen LogP contribution in [0.5, 0.6) is 0 Å². The number of carbonyl (C=O) groups is 1. The molecule has 4 heterocycles. The summed E-state index contributed by atoms with van der Waals surface area (Å²) in [6.07, 6.45) is 5.53. The minimum absolute atomic E-state index is 0.0551. The van der Waals surface area contributed by atoms with Gasteiger partial charge in [-0.2, -0.15) is 0 Å².